The number of carbonyl (C=O) groups is 3. The lowest BCUT2D eigenvalue weighted by molar-refractivity contribution is -0.150. The maximum Gasteiger partial charge on any atom is 0.408 e. The minimum atomic E-state index is -0.840. The Morgan fingerprint density at radius 2 is 1.86 bits per heavy atom. The first-order chi connectivity index (χ1) is 17.0. The first kappa shape index (κ1) is 25.6. The summed E-state index contributed by atoms with van der Waals surface area (Å²) in [6.45, 7) is 9.46. The molecular weight excluding hydrogens is 460 g/mol. The normalized spacial score (nSPS) is 20.4. The van der Waals surface area contributed by atoms with E-state index in [-0.39, 0.29) is 24.6 Å². The number of ether oxygens (including phenoxy) is 2. The average Bonchev–Trinajstić information content (AvgIpc) is 3.30. The molecule has 3 unspecified atom stereocenters. The van der Waals surface area contributed by atoms with Crippen molar-refractivity contribution in [2.75, 3.05) is 13.3 Å². The number of aromatic nitrogens is 1. The molecule has 0 saturated carbocycles. The summed E-state index contributed by atoms with van der Waals surface area (Å²) in [6, 6.07) is 7.23. The van der Waals surface area contributed by atoms with Crippen LogP contribution in [0.4, 0.5) is 4.79 Å². The quantitative estimate of drug-likeness (QED) is 0.609. The smallest absolute Gasteiger partial charge is 0.408 e. The van der Waals surface area contributed by atoms with Crippen molar-refractivity contribution < 1.29 is 23.9 Å². The number of hydrogen-bond acceptors (Lipinski definition) is 7. The van der Waals surface area contributed by atoms with Crippen molar-refractivity contribution in [3.63, 3.8) is 0 Å². The zero-order chi connectivity index (χ0) is 26.2. The highest BCUT2D eigenvalue weighted by Crippen LogP contribution is 2.34. The second kappa shape index (κ2) is 9.87. The van der Waals surface area contributed by atoms with Crippen molar-refractivity contribution in [1.82, 2.24) is 19.7 Å². The Balaban J connectivity index is 1.31. The van der Waals surface area contributed by atoms with E-state index in [1.165, 1.54) is 0 Å². The third-order valence-electron chi connectivity index (χ3n) is 6.86. The lowest BCUT2D eigenvalue weighted by Gasteiger charge is -2.33. The topological polar surface area (TPSA) is 93.1 Å². The Hall–Kier alpha value is -3.49. The monoisotopic (exact) mass is 496 g/mol. The molecule has 0 radical (unpaired) electrons. The third kappa shape index (κ3) is 5.20. The zero-order valence-electron chi connectivity index (χ0n) is 21.9. The van der Waals surface area contributed by atoms with Gasteiger partial charge in [-0.3, -0.25) is 4.79 Å². The molecule has 9 nitrogen and oxygen atoms in total. The second-order valence-electron chi connectivity index (χ2n) is 10.6. The van der Waals surface area contributed by atoms with Crippen LogP contribution in [0.1, 0.15) is 57.1 Å². The molecule has 1 N–H and O–H groups in total. The molecule has 1 aliphatic heterocycles. The molecule has 2 aromatic rings. The van der Waals surface area contributed by atoms with Gasteiger partial charge in [0.05, 0.1) is 0 Å². The van der Waals surface area contributed by atoms with Gasteiger partial charge in [0.1, 0.15) is 17.8 Å². The molecule has 2 aliphatic rings. The van der Waals surface area contributed by atoms with Crippen LogP contribution in [0.2, 0.25) is 0 Å². The van der Waals surface area contributed by atoms with Crippen LogP contribution in [0.25, 0.3) is 10.9 Å². The number of ketones is 1. The number of nitrogens with zero attached hydrogens (tertiary/aromatic N) is 3. The van der Waals surface area contributed by atoms with E-state index in [0.717, 1.165) is 35.0 Å². The molecule has 9 heteroatoms. The van der Waals surface area contributed by atoms with Gasteiger partial charge in [-0.05, 0) is 53.5 Å². The van der Waals surface area contributed by atoms with E-state index in [1.54, 1.807) is 27.7 Å². The van der Waals surface area contributed by atoms with Crippen molar-refractivity contribution in [2.45, 2.75) is 65.3 Å². The Morgan fingerprint density at radius 1 is 1.17 bits per heavy atom. The van der Waals surface area contributed by atoms with Crippen LogP contribution < -0.4 is 5.32 Å². The van der Waals surface area contributed by atoms with Gasteiger partial charge in [0.15, 0.2) is 12.5 Å². The number of amides is 1. The second-order valence-corrected chi connectivity index (χ2v) is 10.6. The summed E-state index contributed by atoms with van der Waals surface area (Å²) >= 11 is 0. The van der Waals surface area contributed by atoms with Gasteiger partial charge >= 0.3 is 12.1 Å². The molecule has 2 heterocycles. The summed E-state index contributed by atoms with van der Waals surface area (Å²) in [4.78, 5) is 41.8. The van der Waals surface area contributed by atoms with Gasteiger partial charge in [0.25, 0.3) is 0 Å². The number of benzene rings is 1. The largest absolute Gasteiger partial charge is 0.444 e. The highest BCUT2D eigenvalue weighted by atomic mass is 16.6. The molecule has 0 bridgehead atoms. The van der Waals surface area contributed by atoms with Crippen LogP contribution in [0.3, 0.4) is 0 Å². The zero-order valence-corrected chi connectivity index (χ0v) is 21.9. The Bertz CT molecular complexity index is 1190. The number of aryl methyl sites for hydroxylation is 1. The van der Waals surface area contributed by atoms with Crippen molar-refractivity contribution in [2.24, 2.45) is 13.0 Å². The van der Waals surface area contributed by atoms with E-state index < -0.39 is 23.7 Å². The summed E-state index contributed by atoms with van der Waals surface area (Å²) < 4.78 is 12.7. The van der Waals surface area contributed by atoms with Crippen LogP contribution in [0, 0.1) is 5.92 Å². The van der Waals surface area contributed by atoms with Crippen molar-refractivity contribution in [3.05, 3.63) is 47.9 Å². The van der Waals surface area contributed by atoms with Gasteiger partial charge in [-0.1, -0.05) is 18.2 Å². The number of esters is 1. The van der Waals surface area contributed by atoms with Gasteiger partial charge in [-0.15, -0.1) is 0 Å². The van der Waals surface area contributed by atoms with Crippen molar-refractivity contribution in [1.29, 1.82) is 0 Å². The Labute approximate surface area is 212 Å². The first-order valence-corrected chi connectivity index (χ1v) is 12.4. The van der Waals surface area contributed by atoms with Gasteiger partial charge in [0, 0.05) is 54.1 Å². The van der Waals surface area contributed by atoms with Crippen molar-refractivity contribution >= 4 is 28.7 Å². The maximum absolute atomic E-state index is 13.5. The molecule has 4 rings (SSSR count). The number of nitrogens with one attached hydrogen (secondary N) is 1. The van der Waals surface area contributed by atoms with Crippen LogP contribution in [0.5, 0.6) is 0 Å². The number of carbonyl (C=O) groups excluding carboxylic acids is 3. The van der Waals surface area contributed by atoms with Crippen LogP contribution in [0.15, 0.2) is 36.7 Å². The summed E-state index contributed by atoms with van der Waals surface area (Å²) in [5, 5.41) is 3.52. The number of Topliss-reactive ketones (excluding diaryl/α,β-unsaturated/α-hetero) is 1. The van der Waals surface area contributed by atoms with E-state index >= 15 is 0 Å². The minimum absolute atomic E-state index is 0.0411. The number of fused-ring (bicyclic) bond motifs is 3. The minimum Gasteiger partial charge on any atom is -0.444 e. The number of para-hydroxylation sites is 1. The van der Waals surface area contributed by atoms with Gasteiger partial charge in [0.2, 0.25) is 0 Å². The molecule has 0 saturated heterocycles. The maximum atomic E-state index is 13.5. The molecule has 1 aromatic carbocycles. The highest BCUT2D eigenvalue weighted by Gasteiger charge is 2.35. The molecule has 1 amide bonds. The predicted molar refractivity (Wildman–Crippen MR) is 136 cm³/mol. The highest BCUT2D eigenvalue weighted by molar-refractivity contribution is 6.11. The summed E-state index contributed by atoms with van der Waals surface area (Å²) in [5.41, 5.74) is 2.42. The van der Waals surface area contributed by atoms with E-state index in [2.05, 4.69) is 20.9 Å². The summed E-state index contributed by atoms with van der Waals surface area (Å²) in [7, 11) is 2.03. The SMILES string of the molecule is CC(NC(=O)OC(C)(C)C)C(=O)OCN1C=CN(CC2CCc3c(c4ccccc4n3C)C2=O)C1C. The lowest BCUT2D eigenvalue weighted by atomic mass is 9.84. The fourth-order valence-electron chi connectivity index (χ4n) is 4.87. The molecule has 0 fully saturated rings. The van der Waals surface area contributed by atoms with Crippen LogP contribution in [-0.4, -0.2) is 63.3 Å². The van der Waals surface area contributed by atoms with Gasteiger partial charge in [-0.2, -0.15) is 0 Å². The van der Waals surface area contributed by atoms with Gasteiger partial charge < -0.3 is 29.2 Å². The van der Waals surface area contributed by atoms with E-state index in [9.17, 15) is 14.4 Å². The average molecular weight is 497 g/mol. The van der Waals surface area contributed by atoms with Gasteiger partial charge in [-0.25, -0.2) is 9.59 Å². The molecule has 0 spiro atoms. The molecule has 194 valence electrons. The molecule has 3 atom stereocenters. The molecule has 36 heavy (non-hydrogen) atoms. The Morgan fingerprint density at radius 3 is 2.58 bits per heavy atom. The summed E-state index contributed by atoms with van der Waals surface area (Å²) in [5.74, 6) is -0.456. The standard InChI is InChI=1S/C27H36N4O5/c1-17(28-26(34)36-27(3,4)5)25(33)35-16-31-14-13-30(18(31)2)15-19-11-12-22-23(24(19)32)20-9-7-8-10-21(20)29(22)6/h7-10,13-14,17-19H,11-12,15-16H2,1-6H3,(H,28,34). The van der Waals surface area contributed by atoms with Crippen LogP contribution in [-0.2, 0) is 27.7 Å². The van der Waals surface area contributed by atoms with E-state index in [0.29, 0.717) is 6.54 Å². The lowest BCUT2D eigenvalue weighted by Crippen LogP contribution is -2.45. The number of rotatable bonds is 6. The fraction of sp³-hybridized carbons (Fsp3) is 0.519. The Kier molecular flexibility index (Phi) is 7.02. The molecule has 1 aliphatic carbocycles. The summed E-state index contributed by atoms with van der Waals surface area (Å²) in [6.07, 6.45) is 4.73. The third-order valence-corrected chi connectivity index (χ3v) is 6.86. The number of alkyl carbamates (subject to hydrolysis) is 1. The molecule has 1 aromatic heterocycles. The van der Waals surface area contributed by atoms with E-state index in [1.807, 2.05) is 49.5 Å². The van der Waals surface area contributed by atoms with Crippen molar-refractivity contribution in [3.8, 4) is 0 Å². The first-order valence-electron chi connectivity index (χ1n) is 12.4. The van der Waals surface area contributed by atoms with E-state index in [4.69, 9.17) is 9.47 Å². The predicted octanol–water partition coefficient (Wildman–Crippen LogP) is 3.77. The van der Waals surface area contributed by atoms with Crippen LogP contribution >= 0.6 is 0 Å². The molecular formula is C27H36N4O5. The number of hydrogen-bond donors (Lipinski definition) is 1. The fourth-order valence-corrected chi connectivity index (χ4v) is 4.87.